The number of hydrogen-bond acceptors (Lipinski definition) is 6. The van der Waals surface area contributed by atoms with Crippen molar-refractivity contribution >= 4 is 39.6 Å². The van der Waals surface area contributed by atoms with Gasteiger partial charge in [-0.15, -0.1) is 0 Å². The lowest BCUT2D eigenvalue weighted by Gasteiger charge is -2.27. The van der Waals surface area contributed by atoms with Crippen LogP contribution in [-0.4, -0.2) is 60.8 Å². The van der Waals surface area contributed by atoms with Gasteiger partial charge < -0.3 is 29.6 Å². The molecule has 2 bridgehead atoms. The number of amides is 1. The fourth-order valence-corrected chi connectivity index (χ4v) is 7.46. The summed E-state index contributed by atoms with van der Waals surface area (Å²) in [5.41, 5.74) is 11.8. The highest BCUT2D eigenvalue weighted by Crippen LogP contribution is 2.40. The molecular formula is C33H33ClN6O3. The molecule has 8 rings (SSSR count). The number of aromatic nitrogens is 4. The van der Waals surface area contributed by atoms with Gasteiger partial charge in [-0.1, -0.05) is 11.6 Å². The zero-order chi connectivity index (χ0) is 29.6. The first kappa shape index (κ1) is 26.5. The fourth-order valence-electron chi connectivity index (χ4n) is 7.18. The van der Waals surface area contributed by atoms with E-state index < -0.39 is 0 Å². The number of phenols is 1. The van der Waals surface area contributed by atoms with Crippen molar-refractivity contribution in [1.82, 2.24) is 24.0 Å². The highest BCUT2D eigenvalue weighted by atomic mass is 35.5. The monoisotopic (exact) mass is 596 g/mol. The Morgan fingerprint density at radius 1 is 1.09 bits per heavy atom. The van der Waals surface area contributed by atoms with Crippen LogP contribution in [0.2, 0.25) is 5.02 Å². The molecule has 3 N–H and O–H groups in total. The number of rotatable bonds is 6. The van der Waals surface area contributed by atoms with Gasteiger partial charge in [-0.3, -0.25) is 4.79 Å². The van der Waals surface area contributed by atoms with Crippen molar-refractivity contribution in [3.63, 3.8) is 0 Å². The van der Waals surface area contributed by atoms with Crippen LogP contribution in [0.4, 0.5) is 0 Å². The Bertz CT molecular complexity index is 1940. The number of imidazole rings is 1. The second kappa shape index (κ2) is 9.72. The molecule has 4 heterocycles. The average molecular weight is 597 g/mol. The summed E-state index contributed by atoms with van der Waals surface area (Å²) < 4.78 is 10.1. The quantitative estimate of drug-likeness (QED) is 0.264. The number of nitrogens with zero attached hydrogens (tertiary/aromatic N) is 5. The summed E-state index contributed by atoms with van der Waals surface area (Å²) in [5.74, 6) is 2.47. The first-order valence-electron chi connectivity index (χ1n) is 14.9. The van der Waals surface area contributed by atoms with Crippen LogP contribution in [0.25, 0.3) is 44.8 Å². The van der Waals surface area contributed by atoms with E-state index in [4.69, 9.17) is 32.0 Å². The van der Waals surface area contributed by atoms with Crippen molar-refractivity contribution in [1.29, 1.82) is 0 Å². The van der Waals surface area contributed by atoms with E-state index in [0.29, 0.717) is 40.2 Å². The number of fused-ring (bicyclic) bond motifs is 4. The smallest absolute Gasteiger partial charge is 0.254 e. The molecule has 2 aliphatic carbocycles. The number of aryl methyl sites for hydroxylation is 1. The summed E-state index contributed by atoms with van der Waals surface area (Å²) in [7, 11) is 3.62. The molecule has 1 saturated heterocycles. The number of methoxy groups -OCH3 is 1. The summed E-state index contributed by atoms with van der Waals surface area (Å²) >= 11 is 6.48. The summed E-state index contributed by atoms with van der Waals surface area (Å²) in [5, 5.41) is 11.3. The molecule has 220 valence electrons. The zero-order valence-corrected chi connectivity index (χ0v) is 24.9. The lowest BCUT2D eigenvalue weighted by Crippen LogP contribution is -2.41. The topological polar surface area (TPSA) is 111 Å². The molecule has 43 heavy (non-hydrogen) atoms. The summed E-state index contributed by atoms with van der Waals surface area (Å²) in [6.07, 6.45) is 4.43. The largest absolute Gasteiger partial charge is 0.508 e. The number of phenolic OH excluding ortho intramolecular Hbond substituents is 1. The third-order valence-electron chi connectivity index (χ3n) is 9.65. The number of pyridine rings is 1. The maximum absolute atomic E-state index is 13.7. The van der Waals surface area contributed by atoms with Crippen molar-refractivity contribution in [2.24, 2.45) is 24.6 Å². The van der Waals surface area contributed by atoms with Gasteiger partial charge in [0.05, 0.1) is 29.0 Å². The van der Waals surface area contributed by atoms with Crippen LogP contribution in [0.3, 0.4) is 0 Å². The number of likely N-dealkylation sites (tertiary alicyclic amines) is 1. The highest BCUT2D eigenvalue weighted by molar-refractivity contribution is 6.33. The molecule has 3 fully saturated rings. The van der Waals surface area contributed by atoms with Crippen LogP contribution in [0, 0.1) is 11.8 Å². The van der Waals surface area contributed by atoms with Crippen LogP contribution in [0.1, 0.15) is 36.0 Å². The second-order valence-corrected chi connectivity index (χ2v) is 12.7. The van der Waals surface area contributed by atoms with Gasteiger partial charge in [-0.05, 0) is 86.1 Å². The van der Waals surface area contributed by atoms with E-state index in [1.54, 1.807) is 19.2 Å². The Kier molecular flexibility index (Phi) is 6.00. The van der Waals surface area contributed by atoms with E-state index in [2.05, 4.69) is 16.7 Å². The van der Waals surface area contributed by atoms with Crippen molar-refractivity contribution in [3.8, 4) is 34.3 Å². The van der Waals surface area contributed by atoms with E-state index in [0.717, 1.165) is 58.7 Å². The van der Waals surface area contributed by atoms with Crippen molar-refractivity contribution in [2.45, 2.75) is 44.3 Å². The molecule has 10 heteroatoms. The van der Waals surface area contributed by atoms with Gasteiger partial charge in [0.1, 0.15) is 22.7 Å². The van der Waals surface area contributed by atoms with Crippen LogP contribution >= 0.6 is 11.6 Å². The van der Waals surface area contributed by atoms with Gasteiger partial charge in [0.25, 0.3) is 5.91 Å². The summed E-state index contributed by atoms with van der Waals surface area (Å²) in [4.78, 5) is 25.8. The minimum absolute atomic E-state index is 0.0116. The van der Waals surface area contributed by atoms with E-state index in [9.17, 15) is 9.90 Å². The molecule has 0 radical (unpaired) electrons. The van der Waals surface area contributed by atoms with Crippen molar-refractivity contribution in [3.05, 3.63) is 59.1 Å². The SMILES string of the molecule is COc1cc(C(=O)N2CC3CCC2[C@@H]3N)cc2nc(-c3cc4ccc(-c5ccc(O)cc5Cl)nc4n3CC3CC3)n(C)c12. The molecule has 5 aromatic rings. The van der Waals surface area contributed by atoms with E-state index in [1.165, 1.54) is 18.9 Å². The van der Waals surface area contributed by atoms with E-state index >= 15 is 0 Å². The van der Waals surface area contributed by atoms with Crippen molar-refractivity contribution in [2.75, 3.05) is 13.7 Å². The van der Waals surface area contributed by atoms with Gasteiger partial charge in [0, 0.05) is 48.7 Å². The average Bonchev–Trinajstić information content (AvgIpc) is 3.41. The third kappa shape index (κ3) is 4.20. The molecule has 3 aromatic heterocycles. The van der Waals surface area contributed by atoms with Crippen LogP contribution in [0.15, 0.2) is 48.5 Å². The van der Waals surface area contributed by atoms with Gasteiger partial charge >= 0.3 is 0 Å². The van der Waals surface area contributed by atoms with E-state index in [1.807, 2.05) is 34.7 Å². The molecule has 2 aromatic carbocycles. The van der Waals surface area contributed by atoms with E-state index in [-0.39, 0.29) is 23.7 Å². The number of carbonyl (C=O) groups is 1. The number of hydrogen-bond donors (Lipinski definition) is 2. The molecule has 0 spiro atoms. The number of piperidine rings is 1. The molecule has 3 atom stereocenters. The van der Waals surface area contributed by atoms with Crippen LogP contribution in [0.5, 0.6) is 11.5 Å². The lowest BCUT2D eigenvalue weighted by atomic mass is 10.1. The molecule has 1 aliphatic heterocycles. The molecular weight excluding hydrogens is 564 g/mol. The standard InChI is InChI=1S/C33H33ClN6O3/c1-38-30-25(11-20(13-28(30)43-2)33(42)40-16-19-6-10-26(40)29(19)35)37-32(38)27-12-18-5-9-24(22-8-7-21(41)14-23(22)34)36-31(18)39(27)15-17-3-4-17/h5,7-9,11-14,17,19,26,29,41H,3-4,6,10,15-16,35H2,1-2H3/t19?,26?,29-/m1/s1. The predicted molar refractivity (Wildman–Crippen MR) is 166 cm³/mol. The Morgan fingerprint density at radius 3 is 2.63 bits per heavy atom. The summed E-state index contributed by atoms with van der Waals surface area (Å²) in [6.45, 7) is 1.55. The third-order valence-corrected chi connectivity index (χ3v) is 9.97. The minimum Gasteiger partial charge on any atom is -0.508 e. The fraction of sp³-hybridized carbons (Fsp3) is 0.364. The Balaban J connectivity index is 1.25. The molecule has 9 nitrogen and oxygen atoms in total. The summed E-state index contributed by atoms with van der Waals surface area (Å²) in [6, 6.07) is 15.0. The number of nitrogens with two attached hydrogens (primary N) is 1. The number of benzene rings is 2. The van der Waals surface area contributed by atoms with Gasteiger partial charge in [0.2, 0.25) is 0 Å². The number of aromatic hydroxyl groups is 1. The van der Waals surface area contributed by atoms with Gasteiger partial charge in [-0.2, -0.15) is 0 Å². The van der Waals surface area contributed by atoms with Crippen molar-refractivity contribution < 1.29 is 14.6 Å². The van der Waals surface area contributed by atoms with Gasteiger partial charge in [-0.25, -0.2) is 9.97 Å². The Hall–Kier alpha value is -4.08. The lowest BCUT2D eigenvalue weighted by molar-refractivity contribution is 0.0700. The normalized spacial score (nSPS) is 21.4. The minimum atomic E-state index is -0.0116. The molecule has 1 amide bonds. The molecule has 2 unspecified atom stereocenters. The Morgan fingerprint density at radius 2 is 1.93 bits per heavy atom. The number of carbonyl (C=O) groups excluding carboxylic acids is 1. The van der Waals surface area contributed by atoms with Crippen LogP contribution < -0.4 is 10.5 Å². The number of ether oxygens (including phenoxy) is 1. The van der Waals surface area contributed by atoms with Crippen LogP contribution in [-0.2, 0) is 13.6 Å². The second-order valence-electron chi connectivity index (χ2n) is 12.3. The predicted octanol–water partition coefficient (Wildman–Crippen LogP) is 5.60. The highest BCUT2D eigenvalue weighted by Gasteiger charge is 2.47. The zero-order valence-electron chi connectivity index (χ0n) is 24.1. The Labute approximate surface area is 253 Å². The first-order valence-corrected chi connectivity index (χ1v) is 15.3. The maximum atomic E-state index is 13.7. The van der Waals surface area contributed by atoms with Gasteiger partial charge in [0.15, 0.2) is 5.82 Å². The first-order chi connectivity index (χ1) is 20.8. The molecule has 2 saturated carbocycles. The number of halogens is 1. The molecule has 3 aliphatic rings. The maximum Gasteiger partial charge on any atom is 0.254 e.